The molecule has 1 aliphatic rings. The summed E-state index contributed by atoms with van der Waals surface area (Å²) >= 11 is 2.84. The second kappa shape index (κ2) is 9.50. The number of hydrogen-bond donors (Lipinski definition) is 2. The number of carbonyl (C=O) groups is 3. The number of nitrogens with one attached hydrogen (secondary N) is 2. The number of hydrazine groups is 1. The molecule has 0 spiro atoms. The fourth-order valence-electron chi connectivity index (χ4n) is 3.96. The van der Waals surface area contributed by atoms with Gasteiger partial charge in [-0.2, -0.15) is 0 Å². The van der Waals surface area contributed by atoms with E-state index < -0.39 is 11.8 Å². The number of rotatable bonds is 4. The number of hydrogen-bond acceptors (Lipinski definition) is 10. The zero-order chi connectivity index (χ0) is 24.5. The number of amides is 3. The molecule has 0 radical (unpaired) electrons. The molecule has 1 fully saturated rings. The van der Waals surface area contributed by atoms with Gasteiger partial charge in [0.05, 0.1) is 15.7 Å². The molecule has 5 rings (SSSR count). The number of fused-ring (bicyclic) bond motifs is 1. The number of likely N-dealkylation sites (tertiary alicyclic amines) is 1. The molecule has 1 saturated heterocycles. The van der Waals surface area contributed by atoms with Crippen LogP contribution >= 0.6 is 22.7 Å². The van der Waals surface area contributed by atoms with E-state index in [9.17, 15) is 14.4 Å². The Balaban J connectivity index is 1.15. The molecule has 1 aliphatic heterocycles. The number of carbonyl (C=O) groups excluding carboxylic acids is 3. The van der Waals surface area contributed by atoms with Crippen LogP contribution in [0.15, 0.2) is 28.2 Å². The zero-order valence-corrected chi connectivity index (χ0v) is 20.5. The number of aryl methyl sites for hydroxylation is 2. The first-order valence-corrected chi connectivity index (χ1v) is 12.6. The summed E-state index contributed by atoms with van der Waals surface area (Å²) < 4.78 is 4.62. The maximum Gasteiger partial charge on any atom is 0.289 e. The molecule has 35 heavy (non-hydrogen) atoms. The van der Waals surface area contributed by atoms with Gasteiger partial charge in [0, 0.05) is 30.0 Å². The number of aromatic nitrogens is 4. The first-order chi connectivity index (χ1) is 16.9. The first kappa shape index (κ1) is 23.1. The lowest BCUT2D eigenvalue weighted by atomic mass is 9.97. The maximum absolute atomic E-state index is 12.8. The van der Waals surface area contributed by atoms with E-state index in [1.807, 2.05) is 18.7 Å². The Morgan fingerprint density at radius 2 is 1.77 bits per heavy atom. The highest BCUT2D eigenvalue weighted by atomic mass is 32.1. The second-order valence-corrected chi connectivity index (χ2v) is 10.3. The van der Waals surface area contributed by atoms with E-state index in [-0.39, 0.29) is 17.5 Å². The molecule has 0 unspecified atom stereocenters. The topological polar surface area (TPSA) is 143 Å². The molecule has 2 N–H and O–H groups in total. The van der Waals surface area contributed by atoms with Crippen molar-refractivity contribution < 1.29 is 19.0 Å². The van der Waals surface area contributed by atoms with E-state index in [4.69, 9.17) is 0 Å². The van der Waals surface area contributed by atoms with Crippen LogP contribution in [0.3, 0.4) is 0 Å². The van der Waals surface area contributed by atoms with Crippen molar-refractivity contribution in [3.8, 4) is 0 Å². The van der Waals surface area contributed by atoms with Gasteiger partial charge in [0.25, 0.3) is 17.7 Å². The number of piperidine rings is 1. The Hall–Kier alpha value is -3.71. The third-order valence-electron chi connectivity index (χ3n) is 5.79. The average Bonchev–Trinajstić information content (AvgIpc) is 3.61. The molecule has 3 aromatic heterocycles. The van der Waals surface area contributed by atoms with Gasteiger partial charge in [0.15, 0.2) is 0 Å². The number of benzene rings is 1. The minimum atomic E-state index is -0.506. The van der Waals surface area contributed by atoms with Gasteiger partial charge in [-0.25, -0.2) is 14.6 Å². The Labute approximate surface area is 207 Å². The number of thiazole rings is 2. The molecular formula is C22H21N7O4S2. The van der Waals surface area contributed by atoms with Gasteiger partial charge in [-0.15, -0.1) is 22.7 Å². The third-order valence-corrected chi connectivity index (χ3v) is 7.86. The fraction of sp³-hybridized carbons (Fsp3) is 0.318. The lowest BCUT2D eigenvalue weighted by Gasteiger charge is -2.30. The fourth-order valence-corrected chi connectivity index (χ4v) is 5.81. The molecule has 0 aliphatic carbocycles. The summed E-state index contributed by atoms with van der Waals surface area (Å²) in [5.74, 6) is -0.802. The molecule has 1 aromatic carbocycles. The van der Waals surface area contributed by atoms with Gasteiger partial charge in [0.1, 0.15) is 21.6 Å². The van der Waals surface area contributed by atoms with Crippen molar-refractivity contribution in [3.05, 3.63) is 55.4 Å². The smallest absolute Gasteiger partial charge is 0.289 e. The summed E-state index contributed by atoms with van der Waals surface area (Å²) in [4.78, 5) is 49.1. The minimum absolute atomic E-state index is 0.0282. The van der Waals surface area contributed by atoms with Crippen molar-refractivity contribution in [1.82, 2.24) is 36.0 Å². The van der Waals surface area contributed by atoms with Crippen molar-refractivity contribution in [1.29, 1.82) is 0 Å². The SMILES string of the molecule is Cc1nc(C)c(C(=O)N2CCC(c3nc(C(=O)NNC(=O)c4ccc5nonc5c4)cs3)CC2)s1. The second-order valence-electron chi connectivity index (χ2n) is 8.16. The van der Waals surface area contributed by atoms with E-state index in [1.54, 1.807) is 17.5 Å². The molecule has 4 aromatic rings. The summed E-state index contributed by atoms with van der Waals surface area (Å²) in [6.07, 6.45) is 1.54. The molecule has 13 heteroatoms. The summed E-state index contributed by atoms with van der Waals surface area (Å²) in [5, 5.41) is 10.8. The first-order valence-electron chi connectivity index (χ1n) is 10.9. The zero-order valence-electron chi connectivity index (χ0n) is 18.9. The van der Waals surface area contributed by atoms with Crippen LogP contribution in [-0.2, 0) is 0 Å². The Bertz CT molecular complexity index is 1420. The standard InChI is InChI=1S/C22H21N7O4S2/c1-11-18(35-12(2)23-11)22(32)29-7-5-13(6-8-29)21-24-17(10-34-21)20(31)26-25-19(30)14-3-4-15-16(9-14)28-33-27-15/h3-4,9-10,13H,5-8H2,1-2H3,(H,25,30)(H,26,31). The quantitative estimate of drug-likeness (QED) is 0.398. The van der Waals surface area contributed by atoms with Crippen LogP contribution in [0.4, 0.5) is 0 Å². The number of nitrogens with zero attached hydrogens (tertiary/aromatic N) is 5. The van der Waals surface area contributed by atoms with Crippen LogP contribution in [0, 0.1) is 13.8 Å². The molecule has 3 amide bonds. The normalized spacial score (nSPS) is 14.3. The molecule has 0 saturated carbocycles. The monoisotopic (exact) mass is 511 g/mol. The van der Waals surface area contributed by atoms with Crippen molar-refractivity contribution >= 4 is 51.4 Å². The van der Waals surface area contributed by atoms with Crippen LogP contribution in [0.1, 0.15) is 65.0 Å². The van der Waals surface area contributed by atoms with Gasteiger partial charge in [-0.05, 0) is 55.2 Å². The summed E-state index contributed by atoms with van der Waals surface area (Å²) in [6.45, 7) is 5.02. The maximum atomic E-state index is 12.8. The molecule has 180 valence electrons. The molecule has 0 bridgehead atoms. The molecular weight excluding hydrogens is 490 g/mol. The van der Waals surface area contributed by atoms with Crippen LogP contribution in [0.25, 0.3) is 11.0 Å². The Morgan fingerprint density at radius 1 is 1.03 bits per heavy atom. The molecule has 4 heterocycles. The lowest BCUT2D eigenvalue weighted by Crippen LogP contribution is -2.41. The van der Waals surface area contributed by atoms with E-state index in [0.717, 1.165) is 28.6 Å². The molecule has 11 nitrogen and oxygen atoms in total. The van der Waals surface area contributed by atoms with Crippen LogP contribution < -0.4 is 10.9 Å². The lowest BCUT2D eigenvalue weighted by molar-refractivity contribution is 0.0716. The average molecular weight is 512 g/mol. The highest BCUT2D eigenvalue weighted by molar-refractivity contribution is 7.13. The summed E-state index contributed by atoms with van der Waals surface area (Å²) in [7, 11) is 0. The predicted octanol–water partition coefficient (Wildman–Crippen LogP) is 2.85. The van der Waals surface area contributed by atoms with E-state index in [1.165, 1.54) is 28.7 Å². The third kappa shape index (κ3) is 4.77. The van der Waals surface area contributed by atoms with Crippen molar-refractivity contribution in [2.24, 2.45) is 0 Å². The highest BCUT2D eigenvalue weighted by Crippen LogP contribution is 2.31. The van der Waals surface area contributed by atoms with Gasteiger partial charge in [-0.1, -0.05) is 0 Å². The highest BCUT2D eigenvalue weighted by Gasteiger charge is 2.28. The predicted molar refractivity (Wildman–Crippen MR) is 128 cm³/mol. The summed E-state index contributed by atoms with van der Waals surface area (Å²) in [6, 6.07) is 4.68. The van der Waals surface area contributed by atoms with Crippen LogP contribution in [-0.4, -0.2) is 56.0 Å². The van der Waals surface area contributed by atoms with Gasteiger partial charge in [-0.3, -0.25) is 25.2 Å². The van der Waals surface area contributed by atoms with Crippen LogP contribution in [0.5, 0.6) is 0 Å². The summed E-state index contributed by atoms with van der Waals surface area (Å²) in [5.41, 5.74) is 7.06. The van der Waals surface area contributed by atoms with Crippen molar-refractivity contribution in [2.75, 3.05) is 13.1 Å². The van der Waals surface area contributed by atoms with Gasteiger partial charge >= 0.3 is 0 Å². The van der Waals surface area contributed by atoms with Gasteiger partial charge in [0.2, 0.25) is 0 Å². The minimum Gasteiger partial charge on any atom is -0.338 e. The van der Waals surface area contributed by atoms with Crippen molar-refractivity contribution in [2.45, 2.75) is 32.6 Å². The van der Waals surface area contributed by atoms with Crippen molar-refractivity contribution in [3.63, 3.8) is 0 Å². The largest absolute Gasteiger partial charge is 0.338 e. The van der Waals surface area contributed by atoms with Gasteiger partial charge < -0.3 is 4.90 Å². The Morgan fingerprint density at radius 3 is 2.51 bits per heavy atom. The van der Waals surface area contributed by atoms with E-state index in [2.05, 4.69) is 35.8 Å². The van der Waals surface area contributed by atoms with E-state index >= 15 is 0 Å². The molecule has 0 atom stereocenters. The Kier molecular flexibility index (Phi) is 6.26. The van der Waals surface area contributed by atoms with E-state index in [0.29, 0.717) is 34.6 Å². The van der Waals surface area contributed by atoms with Crippen LogP contribution in [0.2, 0.25) is 0 Å².